The fourth-order valence-electron chi connectivity index (χ4n) is 3.26. The molecule has 2 atom stereocenters. The molecule has 2 aliphatic rings. The lowest BCUT2D eigenvalue weighted by atomic mass is 10.1. The first kappa shape index (κ1) is 20.4. The monoisotopic (exact) mass is 493 g/mol. The number of benzene rings is 2. The predicted molar refractivity (Wildman–Crippen MR) is 111 cm³/mol. The molecule has 0 saturated carbocycles. The van der Waals surface area contributed by atoms with Gasteiger partial charge < -0.3 is 5.32 Å². The summed E-state index contributed by atoms with van der Waals surface area (Å²) >= 11 is 9.26. The Morgan fingerprint density at radius 1 is 1.23 bits per heavy atom. The summed E-state index contributed by atoms with van der Waals surface area (Å²) < 4.78 is 14.5. The molecular formula is C19H14BrClFN5O3. The van der Waals surface area contributed by atoms with Gasteiger partial charge in [-0.2, -0.15) is 5.11 Å². The number of hydrogen-bond donors (Lipinski definition) is 1. The van der Waals surface area contributed by atoms with Gasteiger partial charge in [0.15, 0.2) is 12.1 Å². The van der Waals surface area contributed by atoms with Crippen LogP contribution in [-0.4, -0.2) is 41.4 Å². The average molecular weight is 495 g/mol. The minimum Gasteiger partial charge on any atom is -0.322 e. The van der Waals surface area contributed by atoms with E-state index in [9.17, 15) is 18.8 Å². The Morgan fingerprint density at radius 3 is 2.70 bits per heavy atom. The van der Waals surface area contributed by atoms with Gasteiger partial charge in [-0.1, -0.05) is 38.8 Å². The fraction of sp³-hybridized carbons (Fsp3) is 0.211. The molecule has 0 aliphatic carbocycles. The predicted octanol–water partition coefficient (Wildman–Crippen LogP) is 3.48. The van der Waals surface area contributed by atoms with Crippen LogP contribution in [0.15, 0.2) is 51.2 Å². The first-order valence-electron chi connectivity index (χ1n) is 8.82. The van der Waals surface area contributed by atoms with E-state index < -0.39 is 35.6 Å². The number of imide groups is 1. The van der Waals surface area contributed by atoms with Gasteiger partial charge in [0.25, 0.3) is 11.8 Å². The van der Waals surface area contributed by atoms with E-state index in [1.165, 1.54) is 18.2 Å². The van der Waals surface area contributed by atoms with Crippen LogP contribution in [0.5, 0.6) is 0 Å². The van der Waals surface area contributed by atoms with E-state index >= 15 is 0 Å². The van der Waals surface area contributed by atoms with Crippen molar-refractivity contribution in [1.82, 2.24) is 5.01 Å². The number of hydrogen-bond acceptors (Lipinski definition) is 6. The Balaban J connectivity index is 1.50. The molecule has 0 radical (unpaired) electrons. The molecule has 1 saturated heterocycles. The Morgan fingerprint density at radius 2 is 2.00 bits per heavy atom. The normalized spacial score (nSPS) is 20.1. The number of carbonyl (C=O) groups is 3. The molecule has 2 aromatic carbocycles. The van der Waals surface area contributed by atoms with Gasteiger partial charge in [0.2, 0.25) is 5.91 Å². The number of fused-ring (bicyclic) bond motifs is 1. The molecule has 2 aliphatic heterocycles. The summed E-state index contributed by atoms with van der Waals surface area (Å²) in [6.45, 7) is 1.43. The van der Waals surface area contributed by atoms with Gasteiger partial charge in [0, 0.05) is 9.50 Å². The number of halogens is 3. The zero-order chi connectivity index (χ0) is 21.6. The van der Waals surface area contributed by atoms with Crippen LogP contribution in [0.25, 0.3) is 0 Å². The second kappa shape index (κ2) is 7.77. The second-order valence-electron chi connectivity index (χ2n) is 6.81. The molecule has 1 fully saturated rings. The maximum Gasteiger partial charge on any atom is 0.263 e. The zero-order valence-electron chi connectivity index (χ0n) is 15.5. The van der Waals surface area contributed by atoms with Crippen molar-refractivity contribution in [3.63, 3.8) is 0 Å². The largest absolute Gasteiger partial charge is 0.322 e. The number of aryl methyl sites for hydroxylation is 1. The molecule has 0 unspecified atom stereocenters. The third-order valence-electron chi connectivity index (χ3n) is 4.78. The number of rotatable bonds is 4. The Hall–Kier alpha value is -2.85. The number of amides is 3. The molecule has 3 amide bonds. The van der Waals surface area contributed by atoms with Crippen LogP contribution < -0.4 is 10.2 Å². The molecule has 0 spiro atoms. The van der Waals surface area contributed by atoms with Crippen LogP contribution in [-0.2, 0) is 14.4 Å². The number of anilines is 2. The van der Waals surface area contributed by atoms with E-state index in [-0.39, 0.29) is 12.2 Å². The van der Waals surface area contributed by atoms with Crippen molar-refractivity contribution >= 4 is 56.6 Å². The van der Waals surface area contributed by atoms with Gasteiger partial charge in [-0.05, 0) is 42.8 Å². The van der Waals surface area contributed by atoms with Crippen molar-refractivity contribution in [2.75, 3.05) is 16.8 Å². The van der Waals surface area contributed by atoms with Crippen LogP contribution in [0.3, 0.4) is 0 Å². The Bertz CT molecular complexity index is 1110. The van der Waals surface area contributed by atoms with Gasteiger partial charge in [0.1, 0.15) is 12.4 Å². The van der Waals surface area contributed by atoms with Crippen molar-refractivity contribution in [3.8, 4) is 0 Å². The first-order valence-corrected chi connectivity index (χ1v) is 9.99. The summed E-state index contributed by atoms with van der Waals surface area (Å²) in [5, 5.41) is 11.6. The molecule has 1 N–H and O–H groups in total. The maximum atomic E-state index is 13.9. The lowest BCUT2D eigenvalue weighted by Gasteiger charge is -2.20. The molecule has 11 heteroatoms. The van der Waals surface area contributed by atoms with Crippen molar-refractivity contribution in [3.05, 3.63) is 57.3 Å². The highest BCUT2D eigenvalue weighted by atomic mass is 79.9. The first-order chi connectivity index (χ1) is 14.3. The van der Waals surface area contributed by atoms with Crippen LogP contribution >= 0.6 is 27.5 Å². The SMILES string of the molecule is Cc1ccc(N2C(=O)[C@H]3N=NN(CC(=O)Nc4ccc(Br)cc4F)[C@@H]3C2=O)cc1Cl. The van der Waals surface area contributed by atoms with E-state index in [2.05, 4.69) is 31.6 Å². The molecule has 2 aromatic rings. The standard InChI is InChI=1S/C19H14BrClFN5O3/c1-9-2-4-11(7-12(9)21)27-18(29)16-17(19(27)30)26(25-24-16)8-15(28)23-14-5-3-10(20)6-13(14)22/h2-7,16-17H,8H2,1H3,(H,23,28)/t16-,17-/m0/s1. The molecule has 0 bridgehead atoms. The minimum absolute atomic E-state index is 0.0133. The summed E-state index contributed by atoms with van der Waals surface area (Å²) in [5.74, 6) is -2.32. The van der Waals surface area contributed by atoms with Gasteiger partial charge in [-0.15, -0.1) is 0 Å². The second-order valence-corrected chi connectivity index (χ2v) is 8.13. The summed E-state index contributed by atoms with van der Waals surface area (Å²) in [6.07, 6.45) is 0. The molecule has 0 aromatic heterocycles. The van der Waals surface area contributed by atoms with Crippen LogP contribution in [0.2, 0.25) is 5.02 Å². The van der Waals surface area contributed by atoms with Crippen molar-refractivity contribution < 1.29 is 18.8 Å². The number of nitrogens with zero attached hydrogens (tertiary/aromatic N) is 4. The number of carbonyl (C=O) groups excluding carboxylic acids is 3. The van der Waals surface area contributed by atoms with Crippen molar-refractivity contribution in [1.29, 1.82) is 0 Å². The van der Waals surface area contributed by atoms with Crippen LogP contribution in [0.1, 0.15) is 5.56 Å². The van der Waals surface area contributed by atoms with Gasteiger partial charge in [0.05, 0.1) is 11.4 Å². The van der Waals surface area contributed by atoms with Crippen LogP contribution in [0, 0.1) is 12.7 Å². The molecule has 8 nitrogen and oxygen atoms in total. The van der Waals surface area contributed by atoms with E-state index in [0.29, 0.717) is 15.2 Å². The van der Waals surface area contributed by atoms with E-state index in [4.69, 9.17) is 11.6 Å². The highest BCUT2D eigenvalue weighted by Gasteiger charge is 2.55. The Kier molecular flexibility index (Phi) is 5.29. The summed E-state index contributed by atoms with van der Waals surface area (Å²) in [7, 11) is 0. The van der Waals surface area contributed by atoms with Crippen molar-refractivity contribution in [2.45, 2.75) is 19.0 Å². The molecule has 4 rings (SSSR count). The lowest BCUT2D eigenvalue weighted by Crippen LogP contribution is -2.43. The minimum atomic E-state index is -1.05. The molecule has 154 valence electrons. The quantitative estimate of drug-likeness (QED) is 0.659. The number of nitrogens with one attached hydrogen (secondary N) is 1. The topological polar surface area (TPSA) is 94.4 Å². The highest BCUT2D eigenvalue weighted by Crippen LogP contribution is 2.33. The van der Waals surface area contributed by atoms with Crippen molar-refractivity contribution in [2.24, 2.45) is 10.3 Å². The summed E-state index contributed by atoms with van der Waals surface area (Å²) in [5.41, 5.74) is 1.12. The third-order valence-corrected chi connectivity index (χ3v) is 5.68. The summed E-state index contributed by atoms with van der Waals surface area (Å²) in [6, 6.07) is 6.94. The van der Waals surface area contributed by atoms with Gasteiger partial charge >= 0.3 is 0 Å². The summed E-state index contributed by atoms with van der Waals surface area (Å²) in [4.78, 5) is 39.0. The lowest BCUT2D eigenvalue weighted by molar-refractivity contribution is -0.123. The fourth-order valence-corrected chi connectivity index (χ4v) is 3.76. The average Bonchev–Trinajstić information content (AvgIpc) is 3.20. The zero-order valence-corrected chi connectivity index (χ0v) is 17.8. The van der Waals surface area contributed by atoms with Gasteiger partial charge in [-0.3, -0.25) is 19.4 Å². The molecular weight excluding hydrogens is 481 g/mol. The highest BCUT2D eigenvalue weighted by molar-refractivity contribution is 9.10. The van der Waals surface area contributed by atoms with E-state index in [0.717, 1.165) is 15.5 Å². The molecule has 30 heavy (non-hydrogen) atoms. The van der Waals surface area contributed by atoms with E-state index in [1.807, 2.05) is 0 Å². The Labute approximate surface area is 183 Å². The smallest absolute Gasteiger partial charge is 0.263 e. The van der Waals surface area contributed by atoms with E-state index in [1.54, 1.807) is 25.1 Å². The molecule has 2 heterocycles. The third kappa shape index (κ3) is 3.56. The maximum absolute atomic E-state index is 13.9. The van der Waals surface area contributed by atoms with Crippen LogP contribution in [0.4, 0.5) is 15.8 Å². The van der Waals surface area contributed by atoms with Gasteiger partial charge in [-0.25, -0.2) is 9.29 Å².